The molecule has 0 bridgehead atoms. The van der Waals surface area contributed by atoms with Gasteiger partial charge in [0.05, 0.1) is 0 Å². The van der Waals surface area contributed by atoms with Crippen molar-refractivity contribution < 1.29 is 19.5 Å². The minimum Gasteiger partial charge on any atom is -0.480 e. The summed E-state index contributed by atoms with van der Waals surface area (Å²) in [5, 5.41) is 14.8. The van der Waals surface area contributed by atoms with Crippen LogP contribution in [-0.4, -0.2) is 28.9 Å². The van der Waals surface area contributed by atoms with E-state index in [1.54, 1.807) is 18.2 Å². The van der Waals surface area contributed by atoms with Crippen LogP contribution in [0.5, 0.6) is 0 Å². The number of amides is 2. The minimum atomic E-state index is -1.08. The standard InChI is InChI=1S/C20H20N2O4/c23-18-8-4-7-14-12-15(9-10-16(14)21-18)19(24)22-17(20(25)26)11-13-5-2-1-3-6-13/h1-3,5-6,9-10,12,17H,4,7-8,11H2,(H,21,23)(H,22,24)(H,25,26). The van der Waals surface area contributed by atoms with E-state index in [2.05, 4.69) is 10.6 Å². The summed E-state index contributed by atoms with van der Waals surface area (Å²) < 4.78 is 0. The maximum Gasteiger partial charge on any atom is 0.326 e. The van der Waals surface area contributed by atoms with Crippen LogP contribution in [-0.2, 0) is 22.4 Å². The lowest BCUT2D eigenvalue weighted by atomic mass is 10.0. The molecule has 3 rings (SSSR count). The normalized spacial score (nSPS) is 14.5. The second-order valence-electron chi connectivity index (χ2n) is 6.33. The summed E-state index contributed by atoms with van der Waals surface area (Å²) in [6, 6.07) is 13.2. The van der Waals surface area contributed by atoms with Gasteiger partial charge < -0.3 is 15.7 Å². The number of hydrogen-bond donors (Lipinski definition) is 3. The van der Waals surface area contributed by atoms with Gasteiger partial charge in [0.15, 0.2) is 0 Å². The quantitative estimate of drug-likeness (QED) is 0.770. The average molecular weight is 352 g/mol. The van der Waals surface area contributed by atoms with E-state index in [9.17, 15) is 19.5 Å². The van der Waals surface area contributed by atoms with Crippen LogP contribution in [0.3, 0.4) is 0 Å². The summed E-state index contributed by atoms with van der Waals surface area (Å²) in [5.41, 5.74) is 2.82. The lowest BCUT2D eigenvalue weighted by Gasteiger charge is -2.15. The maximum atomic E-state index is 12.5. The molecule has 0 fully saturated rings. The lowest BCUT2D eigenvalue weighted by molar-refractivity contribution is -0.139. The Hall–Kier alpha value is -3.15. The fourth-order valence-electron chi connectivity index (χ4n) is 3.01. The van der Waals surface area contributed by atoms with Crippen molar-refractivity contribution in [2.24, 2.45) is 0 Å². The predicted octanol–water partition coefficient (Wildman–Crippen LogP) is 2.39. The van der Waals surface area contributed by atoms with E-state index in [1.165, 1.54) is 0 Å². The van der Waals surface area contributed by atoms with Gasteiger partial charge in [-0.3, -0.25) is 9.59 Å². The predicted molar refractivity (Wildman–Crippen MR) is 97.0 cm³/mol. The van der Waals surface area contributed by atoms with Crippen molar-refractivity contribution in [3.63, 3.8) is 0 Å². The fraction of sp³-hybridized carbons (Fsp3) is 0.250. The minimum absolute atomic E-state index is 0.0326. The van der Waals surface area contributed by atoms with Gasteiger partial charge in [0.1, 0.15) is 6.04 Å². The number of benzene rings is 2. The SMILES string of the molecule is O=C1CCCc2cc(C(=O)NC(Cc3ccccc3)C(=O)O)ccc2N1. The van der Waals surface area contributed by atoms with Crippen LogP contribution in [0.15, 0.2) is 48.5 Å². The van der Waals surface area contributed by atoms with E-state index in [0.717, 1.165) is 17.5 Å². The van der Waals surface area contributed by atoms with Crippen LogP contribution < -0.4 is 10.6 Å². The molecule has 2 amide bonds. The van der Waals surface area contributed by atoms with Crippen molar-refractivity contribution >= 4 is 23.5 Å². The van der Waals surface area contributed by atoms with Crippen molar-refractivity contribution in [1.82, 2.24) is 5.32 Å². The molecule has 0 spiro atoms. The van der Waals surface area contributed by atoms with Gasteiger partial charge in [0, 0.05) is 24.1 Å². The molecule has 26 heavy (non-hydrogen) atoms. The number of hydrogen-bond acceptors (Lipinski definition) is 3. The molecule has 134 valence electrons. The average Bonchev–Trinajstić information content (AvgIpc) is 2.81. The number of aryl methyl sites for hydroxylation is 1. The van der Waals surface area contributed by atoms with Gasteiger partial charge >= 0.3 is 5.97 Å². The highest BCUT2D eigenvalue weighted by Crippen LogP contribution is 2.23. The molecule has 1 aliphatic heterocycles. The first-order chi connectivity index (χ1) is 12.5. The Bertz CT molecular complexity index is 833. The first-order valence-corrected chi connectivity index (χ1v) is 8.53. The molecule has 6 nitrogen and oxygen atoms in total. The molecule has 1 unspecified atom stereocenters. The van der Waals surface area contributed by atoms with Crippen molar-refractivity contribution in [2.75, 3.05) is 5.32 Å². The molecule has 0 saturated heterocycles. The third kappa shape index (κ3) is 4.27. The number of carboxylic acid groups (broad SMARTS) is 1. The Morgan fingerprint density at radius 1 is 1.12 bits per heavy atom. The van der Waals surface area contributed by atoms with Crippen molar-refractivity contribution in [1.29, 1.82) is 0 Å². The first kappa shape index (κ1) is 17.7. The zero-order valence-corrected chi connectivity index (χ0v) is 14.2. The van der Waals surface area contributed by atoms with Crippen LogP contribution in [0.25, 0.3) is 0 Å². The van der Waals surface area contributed by atoms with Crippen molar-refractivity contribution in [2.45, 2.75) is 31.7 Å². The number of aliphatic carboxylic acids is 1. The van der Waals surface area contributed by atoms with E-state index < -0.39 is 17.9 Å². The smallest absolute Gasteiger partial charge is 0.326 e. The van der Waals surface area contributed by atoms with Crippen LogP contribution in [0.4, 0.5) is 5.69 Å². The molecule has 0 aliphatic carbocycles. The molecule has 2 aromatic carbocycles. The van der Waals surface area contributed by atoms with E-state index in [1.807, 2.05) is 30.3 Å². The third-order valence-electron chi connectivity index (χ3n) is 4.38. The van der Waals surface area contributed by atoms with Crippen LogP contribution in [0.2, 0.25) is 0 Å². The van der Waals surface area contributed by atoms with Gasteiger partial charge in [-0.15, -0.1) is 0 Å². The molecule has 1 heterocycles. The summed E-state index contributed by atoms with van der Waals surface area (Å²) >= 11 is 0. The van der Waals surface area contributed by atoms with Gasteiger partial charge in [0.25, 0.3) is 5.91 Å². The van der Waals surface area contributed by atoms with Crippen molar-refractivity contribution in [3.8, 4) is 0 Å². The van der Waals surface area contributed by atoms with E-state index >= 15 is 0 Å². The van der Waals surface area contributed by atoms with Gasteiger partial charge in [-0.2, -0.15) is 0 Å². The molecule has 0 aromatic heterocycles. The largest absolute Gasteiger partial charge is 0.480 e. The Balaban J connectivity index is 1.74. The van der Waals surface area contributed by atoms with Crippen molar-refractivity contribution in [3.05, 3.63) is 65.2 Å². The van der Waals surface area contributed by atoms with Gasteiger partial charge in [-0.05, 0) is 42.2 Å². The van der Waals surface area contributed by atoms with Gasteiger partial charge in [-0.25, -0.2) is 4.79 Å². The van der Waals surface area contributed by atoms with Crippen LogP contribution >= 0.6 is 0 Å². The highest BCUT2D eigenvalue weighted by molar-refractivity contribution is 5.98. The van der Waals surface area contributed by atoms with E-state index in [-0.39, 0.29) is 12.3 Å². The Morgan fingerprint density at radius 2 is 1.88 bits per heavy atom. The number of carbonyl (C=O) groups is 3. The highest BCUT2D eigenvalue weighted by atomic mass is 16.4. The summed E-state index contributed by atoms with van der Waals surface area (Å²) in [6.45, 7) is 0. The number of rotatable bonds is 5. The van der Waals surface area contributed by atoms with E-state index in [4.69, 9.17) is 0 Å². The summed E-state index contributed by atoms with van der Waals surface area (Å²) in [4.78, 5) is 35.6. The number of nitrogens with one attached hydrogen (secondary N) is 2. The maximum absolute atomic E-state index is 12.5. The zero-order chi connectivity index (χ0) is 18.5. The zero-order valence-electron chi connectivity index (χ0n) is 14.2. The molecule has 1 aliphatic rings. The topological polar surface area (TPSA) is 95.5 Å². The summed E-state index contributed by atoms with van der Waals surface area (Å²) in [7, 11) is 0. The number of fused-ring (bicyclic) bond motifs is 1. The molecular formula is C20H20N2O4. The van der Waals surface area contributed by atoms with E-state index in [0.29, 0.717) is 24.1 Å². The van der Waals surface area contributed by atoms with Crippen LogP contribution in [0.1, 0.15) is 34.3 Å². The monoisotopic (exact) mass is 352 g/mol. The number of carboxylic acids is 1. The molecule has 2 aromatic rings. The summed E-state index contributed by atoms with van der Waals surface area (Å²) in [5.74, 6) is -1.55. The lowest BCUT2D eigenvalue weighted by Crippen LogP contribution is -2.42. The third-order valence-corrected chi connectivity index (χ3v) is 4.38. The molecule has 0 saturated carbocycles. The molecule has 0 radical (unpaired) electrons. The molecular weight excluding hydrogens is 332 g/mol. The van der Waals surface area contributed by atoms with Crippen LogP contribution in [0, 0.1) is 0 Å². The molecule has 6 heteroatoms. The van der Waals surface area contributed by atoms with Gasteiger partial charge in [-0.1, -0.05) is 30.3 Å². The Kier molecular flexibility index (Phi) is 5.31. The molecule has 1 atom stereocenters. The second-order valence-corrected chi connectivity index (χ2v) is 6.33. The second kappa shape index (κ2) is 7.82. The first-order valence-electron chi connectivity index (χ1n) is 8.53. The number of anilines is 1. The number of carbonyl (C=O) groups excluding carboxylic acids is 2. The fourth-order valence-corrected chi connectivity index (χ4v) is 3.01. The van der Waals surface area contributed by atoms with Gasteiger partial charge in [0.2, 0.25) is 5.91 Å². The summed E-state index contributed by atoms with van der Waals surface area (Å²) in [6.07, 6.45) is 2.08. The highest BCUT2D eigenvalue weighted by Gasteiger charge is 2.22. The Morgan fingerprint density at radius 3 is 2.62 bits per heavy atom. The molecule has 3 N–H and O–H groups in total. The Labute approximate surface area is 151 Å².